The van der Waals surface area contributed by atoms with E-state index < -0.39 is 5.54 Å². The second-order valence-electron chi connectivity index (χ2n) is 3.05. The third-order valence-corrected chi connectivity index (χ3v) is 1.85. The molecule has 0 aromatic rings. The average Bonchev–Trinajstić information content (AvgIpc) is 2.05. The van der Waals surface area contributed by atoms with Crippen LogP contribution in [0.5, 0.6) is 0 Å². The molecule has 2 N–H and O–H groups in total. The zero-order valence-electron chi connectivity index (χ0n) is 7.89. The average molecular weight is 175 g/mol. The molecular formula is C8H17NO3. The van der Waals surface area contributed by atoms with Gasteiger partial charge in [-0.3, -0.25) is 4.79 Å². The number of carbonyl (C=O) groups is 1. The van der Waals surface area contributed by atoms with Crippen molar-refractivity contribution in [3.8, 4) is 0 Å². The van der Waals surface area contributed by atoms with Crippen LogP contribution in [0, 0.1) is 0 Å². The predicted molar refractivity (Wildman–Crippen MR) is 45.8 cm³/mol. The third-order valence-electron chi connectivity index (χ3n) is 1.85. The molecule has 0 spiro atoms. The van der Waals surface area contributed by atoms with Crippen LogP contribution in [0.15, 0.2) is 0 Å². The van der Waals surface area contributed by atoms with Gasteiger partial charge in [-0.05, 0) is 13.3 Å². The van der Waals surface area contributed by atoms with Gasteiger partial charge in [0.1, 0.15) is 6.61 Å². The first-order chi connectivity index (χ1) is 5.58. The topological polar surface area (TPSA) is 58.6 Å². The Morgan fingerprint density at radius 3 is 2.58 bits per heavy atom. The Bertz CT molecular complexity index is 143. The minimum absolute atomic E-state index is 0.0373. The van der Waals surface area contributed by atoms with E-state index in [2.05, 4.69) is 10.1 Å². The van der Waals surface area contributed by atoms with Crippen LogP contribution in [-0.2, 0) is 9.53 Å². The third kappa shape index (κ3) is 3.69. The molecule has 0 radical (unpaired) electrons. The second kappa shape index (κ2) is 5.11. The first-order valence-electron chi connectivity index (χ1n) is 3.99. The van der Waals surface area contributed by atoms with Crippen LogP contribution in [-0.4, -0.2) is 36.9 Å². The van der Waals surface area contributed by atoms with Gasteiger partial charge in [-0.1, -0.05) is 6.92 Å². The highest BCUT2D eigenvalue weighted by Gasteiger charge is 2.22. The van der Waals surface area contributed by atoms with Crippen LogP contribution in [0.3, 0.4) is 0 Å². The number of rotatable bonds is 5. The Hall–Kier alpha value is -0.610. The van der Waals surface area contributed by atoms with E-state index in [0.717, 1.165) is 0 Å². The minimum atomic E-state index is -0.518. The Balaban J connectivity index is 3.93. The van der Waals surface area contributed by atoms with Gasteiger partial charge in [0.2, 0.25) is 5.91 Å². The van der Waals surface area contributed by atoms with Gasteiger partial charge in [0.05, 0.1) is 12.1 Å². The molecule has 0 aliphatic rings. The van der Waals surface area contributed by atoms with Crippen molar-refractivity contribution in [1.29, 1.82) is 0 Å². The van der Waals surface area contributed by atoms with E-state index in [1.54, 1.807) is 6.92 Å². The molecular weight excluding hydrogens is 158 g/mol. The van der Waals surface area contributed by atoms with Crippen molar-refractivity contribution in [3.63, 3.8) is 0 Å². The van der Waals surface area contributed by atoms with Gasteiger partial charge >= 0.3 is 0 Å². The van der Waals surface area contributed by atoms with Gasteiger partial charge in [-0.2, -0.15) is 0 Å². The van der Waals surface area contributed by atoms with Gasteiger partial charge in [0.15, 0.2) is 0 Å². The fraction of sp³-hybridized carbons (Fsp3) is 0.875. The second-order valence-corrected chi connectivity index (χ2v) is 3.05. The Morgan fingerprint density at radius 1 is 1.67 bits per heavy atom. The molecule has 0 heterocycles. The van der Waals surface area contributed by atoms with Crippen molar-refractivity contribution in [3.05, 3.63) is 0 Å². The van der Waals surface area contributed by atoms with Crippen LogP contribution in [0.1, 0.15) is 20.3 Å². The van der Waals surface area contributed by atoms with Crippen LogP contribution < -0.4 is 5.32 Å². The van der Waals surface area contributed by atoms with Gasteiger partial charge in [0.25, 0.3) is 0 Å². The summed E-state index contributed by atoms with van der Waals surface area (Å²) in [4.78, 5) is 11.0. The molecule has 0 saturated carbocycles. The summed E-state index contributed by atoms with van der Waals surface area (Å²) >= 11 is 0. The van der Waals surface area contributed by atoms with Crippen LogP contribution in [0.2, 0.25) is 0 Å². The highest BCUT2D eigenvalue weighted by Crippen LogP contribution is 2.06. The van der Waals surface area contributed by atoms with Crippen molar-refractivity contribution in [2.24, 2.45) is 0 Å². The SMILES string of the molecule is CCC(C)(CO)NC(=O)COC. The Labute approximate surface area is 72.9 Å². The Kier molecular flexibility index (Phi) is 4.85. The molecule has 0 fully saturated rings. The van der Waals surface area contributed by atoms with Crippen LogP contribution in [0.25, 0.3) is 0 Å². The number of aliphatic hydroxyl groups is 1. The molecule has 72 valence electrons. The zero-order valence-corrected chi connectivity index (χ0v) is 7.89. The molecule has 4 heteroatoms. The first-order valence-corrected chi connectivity index (χ1v) is 3.99. The molecule has 0 aliphatic heterocycles. The maximum absolute atomic E-state index is 11.0. The number of amides is 1. The maximum atomic E-state index is 11.0. The molecule has 12 heavy (non-hydrogen) atoms. The Morgan fingerprint density at radius 2 is 2.25 bits per heavy atom. The van der Waals surface area contributed by atoms with Gasteiger partial charge in [-0.25, -0.2) is 0 Å². The lowest BCUT2D eigenvalue weighted by atomic mass is 10.0. The number of carbonyl (C=O) groups excluding carboxylic acids is 1. The number of hydrogen-bond acceptors (Lipinski definition) is 3. The fourth-order valence-electron chi connectivity index (χ4n) is 0.743. The van der Waals surface area contributed by atoms with E-state index in [0.29, 0.717) is 6.42 Å². The molecule has 1 unspecified atom stereocenters. The van der Waals surface area contributed by atoms with E-state index in [4.69, 9.17) is 5.11 Å². The first kappa shape index (κ1) is 11.4. The number of aliphatic hydroxyl groups excluding tert-OH is 1. The molecule has 0 rings (SSSR count). The molecule has 0 bridgehead atoms. The summed E-state index contributed by atoms with van der Waals surface area (Å²) in [6.45, 7) is 3.68. The summed E-state index contributed by atoms with van der Waals surface area (Å²) < 4.78 is 4.64. The number of methoxy groups -OCH3 is 1. The normalized spacial score (nSPS) is 15.3. The van der Waals surface area contributed by atoms with Crippen molar-refractivity contribution < 1.29 is 14.6 Å². The predicted octanol–water partition coefficient (Wildman–Crippen LogP) is -0.0900. The van der Waals surface area contributed by atoms with E-state index in [9.17, 15) is 4.79 Å². The molecule has 1 amide bonds. The number of nitrogens with one attached hydrogen (secondary N) is 1. The lowest BCUT2D eigenvalue weighted by Gasteiger charge is -2.26. The van der Waals surface area contributed by atoms with Crippen molar-refractivity contribution in [2.45, 2.75) is 25.8 Å². The quantitative estimate of drug-likeness (QED) is 0.614. The summed E-state index contributed by atoms with van der Waals surface area (Å²) in [6, 6.07) is 0. The minimum Gasteiger partial charge on any atom is -0.394 e. The summed E-state index contributed by atoms with van der Waals surface area (Å²) in [5.74, 6) is -0.198. The van der Waals surface area contributed by atoms with Gasteiger partial charge in [-0.15, -0.1) is 0 Å². The molecule has 0 saturated heterocycles. The highest BCUT2D eigenvalue weighted by atomic mass is 16.5. The molecule has 4 nitrogen and oxygen atoms in total. The standard InChI is InChI=1S/C8H17NO3/c1-4-8(2,6-10)9-7(11)5-12-3/h10H,4-6H2,1-3H3,(H,9,11). The van der Waals surface area contributed by atoms with Crippen molar-refractivity contribution in [2.75, 3.05) is 20.3 Å². The van der Waals surface area contributed by atoms with Gasteiger partial charge < -0.3 is 15.2 Å². The molecule has 0 aliphatic carbocycles. The summed E-state index contributed by atoms with van der Waals surface area (Å²) in [5.41, 5.74) is -0.518. The summed E-state index contributed by atoms with van der Waals surface area (Å²) in [5, 5.41) is 11.6. The number of ether oxygens (including phenoxy) is 1. The maximum Gasteiger partial charge on any atom is 0.246 e. The number of hydrogen-bond donors (Lipinski definition) is 2. The largest absolute Gasteiger partial charge is 0.394 e. The molecule has 0 aromatic carbocycles. The zero-order chi connectivity index (χ0) is 9.61. The van der Waals surface area contributed by atoms with E-state index in [1.807, 2.05) is 6.92 Å². The van der Waals surface area contributed by atoms with Crippen molar-refractivity contribution in [1.82, 2.24) is 5.32 Å². The highest BCUT2D eigenvalue weighted by molar-refractivity contribution is 5.77. The van der Waals surface area contributed by atoms with Crippen LogP contribution >= 0.6 is 0 Å². The monoisotopic (exact) mass is 175 g/mol. The van der Waals surface area contributed by atoms with Gasteiger partial charge in [0, 0.05) is 7.11 Å². The summed E-state index contributed by atoms with van der Waals surface area (Å²) in [7, 11) is 1.46. The van der Waals surface area contributed by atoms with E-state index in [1.165, 1.54) is 7.11 Å². The van der Waals surface area contributed by atoms with E-state index in [-0.39, 0.29) is 19.1 Å². The fourth-order valence-corrected chi connectivity index (χ4v) is 0.743. The molecule has 0 aromatic heterocycles. The van der Waals surface area contributed by atoms with Crippen molar-refractivity contribution >= 4 is 5.91 Å². The lowest BCUT2D eigenvalue weighted by molar-refractivity contribution is -0.127. The van der Waals surface area contributed by atoms with E-state index >= 15 is 0 Å². The van der Waals surface area contributed by atoms with Crippen LogP contribution in [0.4, 0.5) is 0 Å². The smallest absolute Gasteiger partial charge is 0.246 e. The lowest BCUT2D eigenvalue weighted by Crippen LogP contribution is -2.49. The summed E-state index contributed by atoms with van der Waals surface area (Å²) in [6.07, 6.45) is 0.693. The molecule has 1 atom stereocenters.